The molecule has 5 nitrogen and oxygen atoms in total. The van der Waals surface area contributed by atoms with Gasteiger partial charge in [0.2, 0.25) is 10.0 Å². The van der Waals surface area contributed by atoms with Crippen LogP contribution in [0.1, 0.15) is 16.0 Å². The lowest BCUT2D eigenvalue weighted by Crippen LogP contribution is -2.27. The van der Waals surface area contributed by atoms with E-state index in [0.29, 0.717) is 16.2 Å². The number of hydrogen-bond donors (Lipinski definition) is 2. The molecule has 0 saturated carbocycles. The standard InChI is InChI=1S/C17H18N2O3S2/c1-11-4-3-5-13-10-14(17(20)19-16(11)13)8-9-18-24(21,22)15-7-6-12(2)23-15/h3-7,10,18H,8-9H2,1-2H3,(H,19,20). The van der Waals surface area contributed by atoms with Crippen LogP contribution in [0.15, 0.2) is 45.4 Å². The van der Waals surface area contributed by atoms with E-state index in [1.165, 1.54) is 11.3 Å². The van der Waals surface area contributed by atoms with Crippen LogP contribution in [-0.2, 0) is 16.4 Å². The van der Waals surface area contributed by atoms with Gasteiger partial charge in [0.25, 0.3) is 5.56 Å². The molecule has 3 aromatic rings. The van der Waals surface area contributed by atoms with Crippen LogP contribution in [0, 0.1) is 13.8 Å². The summed E-state index contributed by atoms with van der Waals surface area (Å²) in [6, 6.07) is 11.0. The summed E-state index contributed by atoms with van der Waals surface area (Å²) in [6.07, 6.45) is 0.336. The zero-order valence-corrected chi connectivity index (χ0v) is 15.1. The molecular weight excluding hydrogens is 344 g/mol. The molecule has 1 aromatic carbocycles. The summed E-state index contributed by atoms with van der Waals surface area (Å²) in [4.78, 5) is 16.0. The van der Waals surface area contributed by atoms with Crippen LogP contribution in [0.5, 0.6) is 0 Å². The number of aromatic nitrogens is 1. The van der Waals surface area contributed by atoms with Gasteiger partial charge in [-0.05, 0) is 49.4 Å². The Morgan fingerprint density at radius 3 is 2.67 bits per heavy atom. The SMILES string of the molecule is Cc1ccc(S(=O)(=O)NCCc2cc3cccc(C)c3[nH]c2=O)s1. The Bertz CT molecular complexity index is 1050. The molecule has 0 spiro atoms. The number of thiophene rings is 1. The second-order valence-electron chi connectivity index (χ2n) is 5.68. The van der Waals surface area contributed by atoms with Crippen molar-refractivity contribution in [3.05, 3.63) is 62.8 Å². The first-order valence-electron chi connectivity index (χ1n) is 7.54. The Hall–Kier alpha value is -1.96. The number of H-pyrrole nitrogens is 1. The van der Waals surface area contributed by atoms with Crippen molar-refractivity contribution < 1.29 is 8.42 Å². The van der Waals surface area contributed by atoms with Crippen molar-refractivity contribution in [3.63, 3.8) is 0 Å². The highest BCUT2D eigenvalue weighted by Crippen LogP contribution is 2.20. The van der Waals surface area contributed by atoms with Crippen molar-refractivity contribution >= 4 is 32.3 Å². The monoisotopic (exact) mass is 362 g/mol. The highest BCUT2D eigenvalue weighted by Gasteiger charge is 2.15. The van der Waals surface area contributed by atoms with E-state index in [-0.39, 0.29) is 12.1 Å². The average Bonchev–Trinajstić information content (AvgIpc) is 2.96. The second-order valence-corrected chi connectivity index (χ2v) is 8.96. The number of sulfonamides is 1. The maximum absolute atomic E-state index is 12.2. The first-order valence-corrected chi connectivity index (χ1v) is 9.84. The molecule has 3 rings (SSSR count). The van der Waals surface area contributed by atoms with E-state index in [0.717, 1.165) is 21.3 Å². The summed E-state index contributed by atoms with van der Waals surface area (Å²) < 4.78 is 27.2. The van der Waals surface area contributed by atoms with Gasteiger partial charge in [0, 0.05) is 17.0 Å². The molecule has 0 aliphatic heterocycles. The molecule has 0 atom stereocenters. The molecule has 2 aromatic heterocycles. The topological polar surface area (TPSA) is 79.0 Å². The molecule has 0 bridgehead atoms. The quantitative estimate of drug-likeness (QED) is 0.732. The molecule has 0 fully saturated rings. The number of fused-ring (bicyclic) bond motifs is 1. The highest BCUT2D eigenvalue weighted by atomic mass is 32.2. The lowest BCUT2D eigenvalue weighted by atomic mass is 10.1. The van der Waals surface area contributed by atoms with Gasteiger partial charge in [-0.15, -0.1) is 11.3 Å². The van der Waals surface area contributed by atoms with E-state index in [4.69, 9.17) is 0 Å². The Kier molecular flexibility index (Phi) is 4.58. The van der Waals surface area contributed by atoms with Crippen molar-refractivity contribution in [2.45, 2.75) is 24.5 Å². The Labute approximate surface area is 144 Å². The van der Waals surface area contributed by atoms with E-state index in [2.05, 4.69) is 9.71 Å². The second kappa shape index (κ2) is 6.51. The van der Waals surface area contributed by atoms with Gasteiger partial charge in [-0.25, -0.2) is 13.1 Å². The third-order valence-electron chi connectivity index (χ3n) is 3.83. The normalized spacial score (nSPS) is 11.9. The zero-order chi connectivity index (χ0) is 17.3. The third-order valence-corrected chi connectivity index (χ3v) is 6.79. The molecule has 0 amide bonds. The lowest BCUT2D eigenvalue weighted by Gasteiger charge is -2.07. The molecule has 0 saturated heterocycles. The van der Waals surface area contributed by atoms with Crippen LogP contribution >= 0.6 is 11.3 Å². The van der Waals surface area contributed by atoms with E-state index >= 15 is 0 Å². The summed E-state index contributed by atoms with van der Waals surface area (Å²) >= 11 is 1.23. The van der Waals surface area contributed by atoms with E-state index in [1.54, 1.807) is 12.1 Å². The van der Waals surface area contributed by atoms with Crippen molar-refractivity contribution in [2.24, 2.45) is 0 Å². The maximum atomic E-state index is 12.2. The first kappa shape index (κ1) is 16.9. The van der Waals surface area contributed by atoms with Crippen LogP contribution in [0.25, 0.3) is 10.9 Å². The molecule has 7 heteroatoms. The van der Waals surface area contributed by atoms with Crippen LogP contribution in [-0.4, -0.2) is 19.9 Å². The predicted molar refractivity (Wildman–Crippen MR) is 97.3 cm³/mol. The van der Waals surface area contributed by atoms with Gasteiger partial charge in [0.05, 0.1) is 5.52 Å². The number of hydrogen-bond acceptors (Lipinski definition) is 4. The van der Waals surface area contributed by atoms with Gasteiger partial charge < -0.3 is 4.98 Å². The number of rotatable bonds is 5. The van der Waals surface area contributed by atoms with Crippen molar-refractivity contribution in [1.29, 1.82) is 0 Å². The van der Waals surface area contributed by atoms with Gasteiger partial charge in [-0.1, -0.05) is 18.2 Å². The van der Waals surface area contributed by atoms with Crippen LogP contribution in [0.3, 0.4) is 0 Å². The fraction of sp³-hybridized carbons (Fsp3) is 0.235. The van der Waals surface area contributed by atoms with Crippen molar-refractivity contribution in [2.75, 3.05) is 6.54 Å². The van der Waals surface area contributed by atoms with Crippen molar-refractivity contribution in [3.8, 4) is 0 Å². The molecule has 2 heterocycles. The van der Waals surface area contributed by atoms with Gasteiger partial charge in [0.15, 0.2) is 0 Å². The predicted octanol–water partition coefficient (Wildman–Crippen LogP) is 2.73. The molecule has 0 radical (unpaired) electrons. The minimum Gasteiger partial charge on any atom is -0.321 e. The highest BCUT2D eigenvalue weighted by molar-refractivity contribution is 7.91. The van der Waals surface area contributed by atoms with Gasteiger partial charge >= 0.3 is 0 Å². The van der Waals surface area contributed by atoms with Gasteiger partial charge in [0.1, 0.15) is 4.21 Å². The zero-order valence-electron chi connectivity index (χ0n) is 13.4. The average molecular weight is 362 g/mol. The Balaban J connectivity index is 1.76. The van der Waals surface area contributed by atoms with Gasteiger partial charge in [-0.2, -0.15) is 0 Å². The number of benzene rings is 1. The number of pyridine rings is 1. The summed E-state index contributed by atoms with van der Waals surface area (Å²) in [5.41, 5.74) is 2.21. The molecule has 0 aliphatic rings. The van der Waals surface area contributed by atoms with Crippen LogP contribution in [0.4, 0.5) is 0 Å². The molecule has 24 heavy (non-hydrogen) atoms. The summed E-state index contributed by atoms with van der Waals surface area (Å²) in [7, 11) is -3.52. The number of nitrogens with one attached hydrogen (secondary N) is 2. The fourth-order valence-corrected chi connectivity index (χ4v) is 4.92. The first-order chi connectivity index (χ1) is 11.4. The molecule has 0 aliphatic carbocycles. The summed E-state index contributed by atoms with van der Waals surface area (Å²) in [5.74, 6) is 0. The summed E-state index contributed by atoms with van der Waals surface area (Å²) in [5, 5.41) is 0.946. The van der Waals surface area contributed by atoms with Crippen LogP contribution in [0.2, 0.25) is 0 Å². The Morgan fingerprint density at radius 1 is 1.17 bits per heavy atom. The number of aryl methyl sites for hydroxylation is 2. The minimum absolute atomic E-state index is 0.178. The largest absolute Gasteiger partial charge is 0.321 e. The molecule has 126 valence electrons. The summed E-state index contributed by atoms with van der Waals surface area (Å²) in [6.45, 7) is 3.98. The maximum Gasteiger partial charge on any atom is 0.251 e. The van der Waals surface area contributed by atoms with Gasteiger partial charge in [-0.3, -0.25) is 4.79 Å². The number of aromatic amines is 1. The third kappa shape index (κ3) is 3.43. The molecule has 0 unspecified atom stereocenters. The number of para-hydroxylation sites is 1. The van der Waals surface area contributed by atoms with E-state index < -0.39 is 10.0 Å². The fourth-order valence-electron chi connectivity index (χ4n) is 2.56. The Morgan fingerprint density at radius 2 is 1.96 bits per heavy atom. The van der Waals surface area contributed by atoms with Crippen molar-refractivity contribution in [1.82, 2.24) is 9.71 Å². The van der Waals surface area contributed by atoms with Crippen LogP contribution < -0.4 is 10.3 Å². The lowest BCUT2D eigenvalue weighted by molar-refractivity contribution is 0.583. The van der Waals surface area contributed by atoms with E-state index in [1.807, 2.05) is 38.1 Å². The molecular formula is C17H18N2O3S2. The minimum atomic E-state index is -3.52. The molecule has 2 N–H and O–H groups in total. The van der Waals surface area contributed by atoms with E-state index in [9.17, 15) is 13.2 Å². The smallest absolute Gasteiger partial charge is 0.251 e.